The van der Waals surface area contributed by atoms with Crippen LogP contribution in [0.15, 0.2) is 24.3 Å². The monoisotopic (exact) mass is 331 g/mol. The van der Waals surface area contributed by atoms with E-state index < -0.39 is 30.7 Å². The van der Waals surface area contributed by atoms with Crippen molar-refractivity contribution in [1.29, 1.82) is 0 Å². The van der Waals surface area contributed by atoms with Crippen molar-refractivity contribution >= 4 is 5.91 Å². The van der Waals surface area contributed by atoms with E-state index in [1.54, 1.807) is 25.1 Å². The first-order valence-electron chi connectivity index (χ1n) is 7.44. The van der Waals surface area contributed by atoms with Gasteiger partial charge in [0.1, 0.15) is 5.75 Å². The molecule has 7 heteroatoms. The number of hydrogen-bond donors (Lipinski definition) is 1. The fourth-order valence-electron chi connectivity index (χ4n) is 2.58. The topological polar surface area (TPSA) is 49.8 Å². The number of hydrogen-bond acceptors (Lipinski definition) is 3. The number of carbonyl (C=O) groups is 1. The van der Waals surface area contributed by atoms with Crippen LogP contribution in [-0.4, -0.2) is 46.9 Å². The molecule has 1 fully saturated rings. The quantitative estimate of drug-likeness (QED) is 0.926. The van der Waals surface area contributed by atoms with Crippen LogP contribution in [-0.2, 0) is 4.79 Å². The van der Waals surface area contributed by atoms with Crippen LogP contribution in [0.25, 0.3) is 0 Å². The van der Waals surface area contributed by atoms with Crippen LogP contribution in [0.2, 0.25) is 0 Å². The number of ether oxygens (including phenoxy) is 1. The number of likely N-dealkylation sites (tertiary alicyclic amines) is 1. The molecule has 0 saturated carbocycles. The summed E-state index contributed by atoms with van der Waals surface area (Å²) in [6, 6.07) is 7.19. The van der Waals surface area contributed by atoms with Gasteiger partial charge in [-0.2, -0.15) is 13.2 Å². The summed E-state index contributed by atoms with van der Waals surface area (Å²) in [6.45, 7) is 3.17. The van der Waals surface area contributed by atoms with Gasteiger partial charge in [0.15, 0.2) is 11.7 Å². The van der Waals surface area contributed by atoms with Crippen molar-refractivity contribution < 1.29 is 27.8 Å². The maximum absolute atomic E-state index is 12.8. The molecule has 1 atom stereocenters. The molecule has 1 heterocycles. The number of rotatable bonds is 3. The van der Waals surface area contributed by atoms with Gasteiger partial charge in [-0.15, -0.1) is 0 Å². The largest absolute Gasteiger partial charge is 0.481 e. The molecule has 4 nitrogen and oxygen atoms in total. The first-order chi connectivity index (χ1) is 10.6. The normalized spacial score (nSPS) is 19.3. The van der Waals surface area contributed by atoms with Gasteiger partial charge < -0.3 is 14.7 Å². The molecule has 1 saturated heterocycles. The Balaban J connectivity index is 1.94. The van der Waals surface area contributed by atoms with Gasteiger partial charge in [0, 0.05) is 25.9 Å². The summed E-state index contributed by atoms with van der Waals surface area (Å²) in [7, 11) is 0. The van der Waals surface area contributed by atoms with E-state index in [1.807, 2.05) is 13.0 Å². The van der Waals surface area contributed by atoms with Crippen LogP contribution in [0.1, 0.15) is 25.3 Å². The molecule has 0 bridgehead atoms. The predicted octanol–water partition coefficient (Wildman–Crippen LogP) is 2.68. The average molecular weight is 331 g/mol. The third kappa shape index (κ3) is 3.96. The van der Waals surface area contributed by atoms with E-state index in [4.69, 9.17) is 4.74 Å². The number of carbonyl (C=O) groups excluding carboxylic acids is 1. The molecule has 0 aliphatic carbocycles. The minimum Gasteiger partial charge on any atom is -0.481 e. The SMILES string of the molecule is Cc1cccc(OC(C)C(=O)N2CCC(O)(C(F)(F)F)CC2)c1. The molecule has 2 rings (SSSR count). The van der Waals surface area contributed by atoms with Crippen LogP contribution >= 0.6 is 0 Å². The van der Waals surface area contributed by atoms with Crippen molar-refractivity contribution in [3.63, 3.8) is 0 Å². The summed E-state index contributed by atoms with van der Waals surface area (Å²) in [4.78, 5) is 13.6. The van der Waals surface area contributed by atoms with Crippen molar-refractivity contribution in [1.82, 2.24) is 4.90 Å². The minimum atomic E-state index is -4.67. The number of alkyl halides is 3. The van der Waals surface area contributed by atoms with Crippen LogP contribution in [0.5, 0.6) is 5.75 Å². The molecule has 0 spiro atoms. The zero-order chi connectivity index (χ0) is 17.3. The highest BCUT2D eigenvalue weighted by Gasteiger charge is 2.55. The third-order valence-electron chi connectivity index (χ3n) is 4.08. The van der Waals surface area contributed by atoms with Crippen molar-refractivity contribution in [2.45, 2.75) is 44.6 Å². The molecule has 1 unspecified atom stereocenters. The van der Waals surface area contributed by atoms with Gasteiger partial charge in [-0.3, -0.25) is 4.79 Å². The minimum absolute atomic E-state index is 0.142. The Kier molecular flexibility index (Phi) is 4.89. The molecule has 1 amide bonds. The summed E-state index contributed by atoms with van der Waals surface area (Å²) in [5.41, 5.74) is -1.72. The van der Waals surface area contributed by atoms with Crippen molar-refractivity contribution in [2.24, 2.45) is 0 Å². The Hall–Kier alpha value is -1.76. The second kappa shape index (κ2) is 6.39. The Morgan fingerprint density at radius 2 is 1.96 bits per heavy atom. The predicted molar refractivity (Wildman–Crippen MR) is 78.1 cm³/mol. The van der Waals surface area contributed by atoms with Gasteiger partial charge in [0.25, 0.3) is 5.91 Å². The lowest BCUT2D eigenvalue weighted by molar-refractivity contribution is -0.272. The smallest absolute Gasteiger partial charge is 0.417 e. The molecular weight excluding hydrogens is 311 g/mol. The van der Waals surface area contributed by atoms with E-state index in [9.17, 15) is 23.1 Å². The number of piperidine rings is 1. The van der Waals surface area contributed by atoms with Crippen molar-refractivity contribution in [3.05, 3.63) is 29.8 Å². The van der Waals surface area contributed by atoms with E-state index in [0.717, 1.165) is 5.56 Å². The first-order valence-corrected chi connectivity index (χ1v) is 7.44. The molecule has 0 aromatic heterocycles. The number of benzene rings is 1. The first kappa shape index (κ1) is 17.6. The van der Waals surface area contributed by atoms with Gasteiger partial charge in [-0.25, -0.2) is 0 Å². The molecule has 1 aromatic rings. The van der Waals surface area contributed by atoms with Gasteiger partial charge in [0.05, 0.1) is 0 Å². The van der Waals surface area contributed by atoms with Gasteiger partial charge in [-0.05, 0) is 31.5 Å². The van der Waals surface area contributed by atoms with Crippen molar-refractivity contribution in [3.8, 4) is 5.75 Å². The molecule has 0 radical (unpaired) electrons. The zero-order valence-corrected chi connectivity index (χ0v) is 13.1. The summed E-state index contributed by atoms with van der Waals surface area (Å²) >= 11 is 0. The highest BCUT2D eigenvalue weighted by atomic mass is 19.4. The molecule has 23 heavy (non-hydrogen) atoms. The lowest BCUT2D eigenvalue weighted by Crippen LogP contribution is -2.55. The van der Waals surface area contributed by atoms with Gasteiger partial charge in [0.2, 0.25) is 0 Å². The Labute approximate surface area is 132 Å². The van der Waals surface area contributed by atoms with Crippen LogP contribution in [0, 0.1) is 6.92 Å². The number of halogens is 3. The van der Waals surface area contributed by atoms with E-state index in [0.29, 0.717) is 5.75 Å². The molecule has 1 aliphatic rings. The van der Waals surface area contributed by atoms with E-state index in [-0.39, 0.29) is 19.0 Å². The van der Waals surface area contributed by atoms with Gasteiger partial charge in [-0.1, -0.05) is 12.1 Å². The maximum Gasteiger partial charge on any atom is 0.417 e. The van der Waals surface area contributed by atoms with Crippen LogP contribution in [0.3, 0.4) is 0 Å². The summed E-state index contributed by atoms with van der Waals surface area (Å²) in [6.07, 6.45) is -6.50. The summed E-state index contributed by atoms with van der Waals surface area (Å²) in [5, 5.41) is 9.62. The highest BCUT2D eigenvalue weighted by Crippen LogP contribution is 2.38. The maximum atomic E-state index is 12.8. The number of nitrogens with zero attached hydrogens (tertiary/aromatic N) is 1. The molecular formula is C16H20F3NO3. The van der Waals surface area contributed by atoms with Crippen LogP contribution in [0.4, 0.5) is 13.2 Å². The Bertz CT molecular complexity index is 566. The average Bonchev–Trinajstić information content (AvgIpc) is 2.46. The van der Waals surface area contributed by atoms with E-state index in [1.165, 1.54) is 4.90 Å². The Morgan fingerprint density at radius 1 is 1.35 bits per heavy atom. The molecule has 128 valence electrons. The van der Waals surface area contributed by atoms with Crippen molar-refractivity contribution in [2.75, 3.05) is 13.1 Å². The lowest BCUT2D eigenvalue weighted by Gasteiger charge is -2.39. The number of amides is 1. The van der Waals surface area contributed by atoms with Gasteiger partial charge >= 0.3 is 6.18 Å². The number of aryl methyl sites for hydroxylation is 1. The Morgan fingerprint density at radius 3 is 2.48 bits per heavy atom. The standard InChI is InChI=1S/C16H20F3NO3/c1-11-4-3-5-13(10-11)23-12(2)14(21)20-8-6-15(22,7-9-20)16(17,18)19/h3-5,10,12,22H,6-9H2,1-2H3. The summed E-state index contributed by atoms with van der Waals surface area (Å²) in [5.74, 6) is 0.158. The lowest BCUT2D eigenvalue weighted by atomic mass is 9.90. The third-order valence-corrected chi connectivity index (χ3v) is 4.08. The summed E-state index contributed by atoms with van der Waals surface area (Å²) < 4.78 is 43.8. The highest BCUT2D eigenvalue weighted by molar-refractivity contribution is 5.81. The van der Waals surface area contributed by atoms with E-state index >= 15 is 0 Å². The molecule has 1 aliphatic heterocycles. The van der Waals surface area contributed by atoms with Crippen LogP contribution < -0.4 is 4.74 Å². The van der Waals surface area contributed by atoms with E-state index in [2.05, 4.69) is 0 Å². The fraction of sp³-hybridized carbons (Fsp3) is 0.562. The molecule has 1 aromatic carbocycles. The molecule has 1 N–H and O–H groups in total. The fourth-order valence-corrected chi connectivity index (χ4v) is 2.58. The zero-order valence-electron chi connectivity index (χ0n) is 13.1. The number of aliphatic hydroxyl groups is 1. The second-order valence-corrected chi connectivity index (χ2v) is 5.93. The second-order valence-electron chi connectivity index (χ2n) is 5.93.